The molecular formula is C23H26BrNO5S. The Kier molecular flexibility index (Phi) is 7.54. The SMILES string of the molecule is CCC(=O)N[C@H]1CCc2c(Br)c(OC)c(OC)c(OC)c2-c2ccc(SC)c(=O)cc21. The zero-order valence-corrected chi connectivity index (χ0v) is 20.7. The summed E-state index contributed by atoms with van der Waals surface area (Å²) in [6.45, 7) is 1.81. The first-order chi connectivity index (χ1) is 14.9. The molecule has 0 saturated heterocycles. The molecule has 6 nitrogen and oxygen atoms in total. The van der Waals surface area contributed by atoms with Crippen LogP contribution in [0.25, 0.3) is 11.1 Å². The van der Waals surface area contributed by atoms with E-state index < -0.39 is 0 Å². The molecule has 3 rings (SSSR count). The highest BCUT2D eigenvalue weighted by Crippen LogP contribution is 2.54. The Balaban J connectivity index is 2.44. The van der Waals surface area contributed by atoms with Crippen LogP contribution in [0.1, 0.15) is 36.9 Å². The van der Waals surface area contributed by atoms with E-state index in [9.17, 15) is 9.59 Å². The largest absolute Gasteiger partial charge is 0.492 e. The van der Waals surface area contributed by atoms with Crippen LogP contribution in [0.3, 0.4) is 0 Å². The fraction of sp³-hybridized carbons (Fsp3) is 0.391. The number of ether oxygens (including phenoxy) is 3. The highest BCUT2D eigenvalue weighted by Gasteiger charge is 2.32. The van der Waals surface area contributed by atoms with E-state index in [1.165, 1.54) is 11.8 Å². The van der Waals surface area contributed by atoms with Gasteiger partial charge < -0.3 is 19.5 Å². The van der Waals surface area contributed by atoms with Crippen molar-refractivity contribution < 1.29 is 19.0 Å². The molecule has 0 saturated carbocycles. The van der Waals surface area contributed by atoms with Gasteiger partial charge in [-0.25, -0.2) is 0 Å². The second-order valence-corrected chi connectivity index (χ2v) is 8.70. The Labute approximate surface area is 194 Å². The average Bonchev–Trinajstić information content (AvgIpc) is 3.02. The van der Waals surface area contributed by atoms with Crippen molar-refractivity contribution in [1.82, 2.24) is 5.32 Å². The van der Waals surface area contributed by atoms with Gasteiger partial charge in [0, 0.05) is 12.0 Å². The number of hydrogen-bond acceptors (Lipinski definition) is 6. The average molecular weight is 508 g/mol. The molecule has 1 aliphatic rings. The van der Waals surface area contributed by atoms with E-state index in [1.807, 2.05) is 25.3 Å². The predicted molar refractivity (Wildman–Crippen MR) is 127 cm³/mol. The second kappa shape index (κ2) is 9.96. The number of carbonyl (C=O) groups is 1. The summed E-state index contributed by atoms with van der Waals surface area (Å²) in [4.78, 5) is 25.8. The fourth-order valence-corrected chi connectivity index (χ4v) is 5.19. The van der Waals surface area contributed by atoms with E-state index in [-0.39, 0.29) is 17.4 Å². The van der Waals surface area contributed by atoms with Crippen LogP contribution in [0.2, 0.25) is 0 Å². The van der Waals surface area contributed by atoms with Gasteiger partial charge in [0.05, 0.1) is 36.7 Å². The van der Waals surface area contributed by atoms with Gasteiger partial charge in [-0.05, 0) is 63.9 Å². The van der Waals surface area contributed by atoms with Gasteiger partial charge in [0.2, 0.25) is 11.7 Å². The standard InChI is InChI=1S/C23H26BrNO5S/c1-6-18(27)25-15-9-7-13-19(12-8-10-17(31-5)16(26)11-14(12)15)21(28-2)23(30-4)22(29-3)20(13)24/h8,10-11,15H,6-7,9H2,1-5H3,(H,25,27)/t15-/m0/s1. The lowest BCUT2D eigenvalue weighted by molar-refractivity contribution is -0.121. The third-order valence-electron chi connectivity index (χ3n) is 5.46. The fourth-order valence-electron chi connectivity index (χ4n) is 3.98. The van der Waals surface area contributed by atoms with Gasteiger partial charge in [0.1, 0.15) is 0 Å². The number of fused-ring (bicyclic) bond motifs is 3. The molecule has 1 N–H and O–H groups in total. The molecule has 31 heavy (non-hydrogen) atoms. The number of carbonyl (C=O) groups excluding carboxylic acids is 1. The monoisotopic (exact) mass is 507 g/mol. The first kappa shape index (κ1) is 23.5. The van der Waals surface area contributed by atoms with E-state index >= 15 is 0 Å². The number of halogens is 1. The third-order valence-corrected chi connectivity index (χ3v) is 7.08. The molecule has 0 radical (unpaired) electrons. The Morgan fingerprint density at radius 3 is 2.42 bits per heavy atom. The van der Waals surface area contributed by atoms with Crippen molar-refractivity contribution in [2.75, 3.05) is 27.6 Å². The lowest BCUT2D eigenvalue weighted by atomic mass is 9.95. The molecule has 0 aliphatic heterocycles. The number of nitrogens with one attached hydrogen (secondary N) is 1. The highest BCUT2D eigenvalue weighted by atomic mass is 79.9. The van der Waals surface area contributed by atoms with Crippen molar-refractivity contribution in [3.05, 3.63) is 44.0 Å². The molecule has 1 atom stereocenters. The van der Waals surface area contributed by atoms with Crippen molar-refractivity contribution in [3.63, 3.8) is 0 Å². The van der Waals surface area contributed by atoms with Gasteiger partial charge in [-0.1, -0.05) is 13.0 Å². The van der Waals surface area contributed by atoms with Gasteiger partial charge in [0.15, 0.2) is 16.9 Å². The van der Waals surface area contributed by atoms with Crippen LogP contribution in [-0.4, -0.2) is 33.5 Å². The Hall–Kier alpha value is -2.19. The van der Waals surface area contributed by atoms with E-state index in [0.29, 0.717) is 41.4 Å². The molecule has 0 heterocycles. The third kappa shape index (κ3) is 4.28. The molecule has 1 aliphatic carbocycles. The smallest absolute Gasteiger partial charge is 0.220 e. The number of thioether (sulfide) groups is 1. The summed E-state index contributed by atoms with van der Waals surface area (Å²) >= 11 is 5.09. The molecular weight excluding hydrogens is 482 g/mol. The number of hydrogen-bond donors (Lipinski definition) is 1. The molecule has 1 amide bonds. The van der Waals surface area contributed by atoms with E-state index in [4.69, 9.17) is 14.2 Å². The van der Waals surface area contributed by atoms with Gasteiger partial charge in [-0.2, -0.15) is 0 Å². The zero-order chi connectivity index (χ0) is 22.7. The molecule has 166 valence electrons. The van der Waals surface area contributed by atoms with Crippen LogP contribution in [0, 0.1) is 0 Å². The minimum atomic E-state index is -0.307. The maximum Gasteiger partial charge on any atom is 0.220 e. The first-order valence-corrected chi connectivity index (χ1v) is 12.0. The summed E-state index contributed by atoms with van der Waals surface area (Å²) in [7, 11) is 4.73. The van der Waals surface area contributed by atoms with Crippen molar-refractivity contribution in [3.8, 4) is 28.4 Å². The van der Waals surface area contributed by atoms with E-state index in [1.54, 1.807) is 27.4 Å². The van der Waals surface area contributed by atoms with E-state index in [2.05, 4.69) is 21.2 Å². The summed E-state index contributed by atoms with van der Waals surface area (Å²) in [5, 5.41) is 3.09. The maximum absolute atomic E-state index is 12.9. The van der Waals surface area contributed by atoms with Crippen molar-refractivity contribution in [1.29, 1.82) is 0 Å². The molecule has 0 unspecified atom stereocenters. The van der Waals surface area contributed by atoms with Gasteiger partial charge >= 0.3 is 0 Å². The summed E-state index contributed by atoms with van der Waals surface area (Å²) < 4.78 is 17.8. The highest BCUT2D eigenvalue weighted by molar-refractivity contribution is 9.10. The van der Waals surface area contributed by atoms with Crippen molar-refractivity contribution in [2.45, 2.75) is 37.1 Å². The lowest BCUT2D eigenvalue weighted by Gasteiger charge is -2.21. The normalized spacial score (nSPS) is 14.7. The van der Waals surface area contributed by atoms with Crippen molar-refractivity contribution >= 4 is 33.6 Å². The minimum Gasteiger partial charge on any atom is -0.492 e. The number of methoxy groups -OCH3 is 3. The summed E-state index contributed by atoms with van der Waals surface area (Å²) in [6.07, 6.45) is 3.51. The zero-order valence-electron chi connectivity index (χ0n) is 18.3. The van der Waals surface area contributed by atoms with Crippen LogP contribution in [-0.2, 0) is 11.2 Å². The Bertz CT molecular complexity index is 1070. The second-order valence-electron chi connectivity index (χ2n) is 7.06. The minimum absolute atomic E-state index is 0.0628. The van der Waals surface area contributed by atoms with Crippen LogP contribution in [0.5, 0.6) is 17.2 Å². The topological polar surface area (TPSA) is 73.9 Å². The maximum atomic E-state index is 12.9. The molecule has 2 aromatic rings. The van der Waals surface area contributed by atoms with Crippen LogP contribution >= 0.6 is 27.7 Å². The number of rotatable bonds is 6. The van der Waals surface area contributed by atoms with Gasteiger partial charge in [-0.3, -0.25) is 9.59 Å². The molecule has 2 aromatic carbocycles. The molecule has 0 spiro atoms. The summed E-state index contributed by atoms with van der Waals surface area (Å²) in [5.41, 5.74) is 3.32. The Morgan fingerprint density at radius 2 is 1.84 bits per heavy atom. The Morgan fingerprint density at radius 1 is 1.16 bits per heavy atom. The van der Waals surface area contributed by atoms with Crippen LogP contribution < -0.4 is 25.0 Å². The van der Waals surface area contributed by atoms with Crippen LogP contribution in [0.4, 0.5) is 0 Å². The van der Waals surface area contributed by atoms with Crippen molar-refractivity contribution in [2.24, 2.45) is 0 Å². The lowest BCUT2D eigenvalue weighted by Crippen LogP contribution is -2.28. The molecule has 8 heteroatoms. The van der Waals surface area contributed by atoms with E-state index in [0.717, 1.165) is 26.7 Å². The number of amides is 1. The summed E-state index contributed by atoms with van der Waals surface area (Å²) in [6, 6.07) is 5.09. The number of benzene rings is 1. The first-order valence-electron chi connectivity index (χ1n) is 9.93. The molecule has 0 fully saturated rings. The van der Waals surface area contributed by atoms with Gasteiger partial charge in [-0.15, -0.1) is 11.8 Å². The molecule has 0 bridgehead atoms. The quantitative estimate of drug-likeness (QED) is 0.569. The predicted octanol–water partition coefficient (Wildman–Crippen LogP) is 4.74. The van der Waals surface area contributed by atoms with Gasteiger partial charge in [0.25, 0.3) is 0 Å². The van der Waals surface area contributed by atoms with Crippen LogP contribution in [0.15, 0.2) is 32.4 Å². The summed E-state index contributed by atoms with van der Waals surface area (Å²) in [5.74, 6) is 1.49. The molecule has 0 aromatic heterocycles.